The van der Waals surface area contributed by atoms with Gasteiger partial charge >= 0.3 is 12.1 Å². The van der Waals surface area contributed by atoms with Crippen molar-refractivity contribution >= 4 is 5.91 Å². The van der Waals surface area contributed by atoms with Gasteiger partial charge in [-0.15, -0.1) is 0 Å². The fourth-order valence-electron chi connectivity index (χ4n) is 2.31. The van der Waals surface area contributed by atoms with Crippen molar-refractivity contribution in [2.75, 3.05) is 0 Å². The van der Waals surface area contributed by atoms with Crippen LogP contribution in [0.15, 0.2) is 11.1 Å². The first-order valence-electron chi connectivity index (χ1n) is 7.41. The Morgan fingerprint density at radius 1 is 1.23 bits per heavy atom. The van der Waals surface area contributed by atoms with E-state index in [0.29, 0.717) is 6.54 Å². The highest BCUT2D eigenvalue weighted by molar-refractivity contribution is 5.82. The van der Waals surface area contributed by atoms with Crippen molar-refractivity contribution in [1.29, 1.82) is 0 Å². The van der Waals surface area contributed by atoms with Crippen molar-refractivity contribution in [2.24, 2.45) is 12.0 Å². The van der Waals surface area contributed by atoms with Crippen LogP contribution in [0.3, 0.4) is 0 Å². The lowest BCUT2D eigenvalue weighted by Gasteiger charge is -2.20. The molecule has 0 radical (unpaired) electrons. The van der Waals surface area contributed by atoms with E-state index < -0.39 is 12.1 Å². The Morgan fingerprint density at radius 3 is 2.27 bits per heavy atom. The van der Waals surface area contributed by atoms with Gasteiger partial charge in [0.1, 0.15) is 0 Å². The van der Waals surface area contributed by atoms with Crippen LogP contribution >= 0.6 is 0 Å². The maximum Gasteiger partial charge on any atom is 0.473 e. The van der Waals surface area contributed by atoms with Gasteiger partial charge < -0.3 is 0 Å². The summed E-state index contributed by atoms with van der Waals surface area (Å²) >= 11 is 0. The number of rotatable bonds is 4. The molecule has 1 amide bonds. The number of hydrogen-bond donors (Lipinski definition) is 0. The largest absolute Gasteiger partial charge is 0.473 e. The molecule has 0 spiro atoms. The van der Waals surface area contributed by atoms with Gasteiger partial charge in [-0.2, -0.15) is 18.2 Å². The lowest BCUT2D eigenvalue weighted by Crippen LogP contribution is -2.28. The second kappa shape index (κ2) is 6.71. The minimum absolute atomic E-state index is 0.0610. The van der Waals surface area contributed by atoms with Crippen LogP contribution in [0.4, 0.5) is 13.2 Å². The Kier molecular flexibility index (Phi) is 5.65. The van der Waals surface area contributed by atoms with Gasteiger partial charge in [-0.1, -0.05) is 40.5 Å². The molecule has 1 aromatic heterocycles. The average Bonchev–Trinajstić information content (AvgIpc) is 2.66. The van der Waals surface area contributed by atoms with Crippen LogP contribution in [0, 0.1) is 0 Å². The summed E-state index contributed by atoms with van der Waals surface area (Å²) in [6, 6.07) is 1.57. The first-order chi connectivity index (χ1) is 9.98. The first-order valence-corrected chi connectivity index (χ1v) is 7.41. The van der Waals surface area contributed by atoms with Crippen molar-refractivity contribution in [2.45, 2.75) is 65.1 Å². The number of aromatic nitrogens is 2. The highest BCUT2D eigenvalue weighted by atomic mass is 19.4. The topological polar surface area (TPSA) is 39.3 Å². The lowest BCUT2D eigenvalue weighted by molar-refractivity contribution is -0.169. The van der Waals surface area contributed by atoms with Gasteiger partial charge in [0.15, 0.2) is 5.49 Å². The van der Waals surface area contributed by atoms with E-state index in [1.807, 2.05) is 20.8 Å². The fourth-order valence-corrected chi connectivity index (χ4v) is 2.31. The van der Waals surface area contributed by atoms with Gasteiger partial charge in [-0.25, -0.2) is 0 Å². The highest BCUT2D eigenvalue weighted by Crippen LogP contribution is 2.21. The predicted octanol–water partition coefficient (Wildman–Crippen LogP) is 3.30. The van der Waals surface area contributed by atoms with E-state index in [4.69, 9.17) is 0 Å². The molecule has 0 saturated heterocycles. The highest BCUT2D eigenvalue weighted by Gasteiger charge is 2.38. The Morgan fingerprint density at radius 2 is 1.82 bits per heavy atom. The van der Waals surface area contributed by atoms with E-state index >= 15 is 0 Å². The second-order valence-corrected chi connectivity index (χ2v) is 6.41. The van der Waals surface area contributed by atoms with Gasteiger partial charge in [0.2, 0.25) is 0 Å². The van der Waals surface area contributed by atoms with Crippen molar-refractivity contribution in [3.63, 3.8) is 0 Å². The van der Waals surface area contributed by atoms with Gasteiger partial charge in [0.05, 0.1) is 0 Å². The zero-order valence-electron chi connectivity index (χ0n) is 13.8. The average molecular weight is 319 g/mol. The van der Waals surface area contributed by atoms with Crippen molar-refractivity contribution in [3.8, 4) is 0 Å². The first kappa shape index (κ1) is 18.5. The summed E-state index contributed by atoms with van der Waals surface area (Å²) in [5.41, 5.74) is 0.639. The molecule has 7 heteroatoms. The Bertz CT molecular complexity index is 589. The molecule has 126 valence electrons. The Hall–Kier alpha value is -1.53. The Balaban J connectivity index is 3.35. The third-order valence-electron chi connectivity index (χ3n) is 3.44. The smallest absolute Gasteiger partial charge is 0.291 e. The summed E-state index contributed by atoms with van der Waals surface area (Å²) in [6.45, 7) is 8.48. The monoisotopic (exact) mass is 319 g/mol. The summed E-state index contributed by atoms with van der Waals surface area (Å²) < 4.78 is 40.8. The summed E-state index contributed by atoms with van der Waals surface area (Å²) in [4.78, 5) is 14.5. The minimum Gasteiger partial charge on any atom is -0.291 e. The van der Waals surface area contributed by atoms with Crippen LogP contribution in [0.1, 0.15) is 52.7 Å². The number of nitrogens with zero attached hydrogens (tertiary/aromatic N) is 3. The van der Waals surface area contributed by atoms with E-state index in [1.54, 1.807) is 22.5 Å². The summed E-state index contributed by atoms with van der Waals surface area (Å²) in [5.74, 6) is -2.07. The standard InChI is InChI=1S/C15H24F3N3O/c1-6-7-8-9-21-12(19-13(22)15(16,17)18)10-11(20(21)5)14(2,3)4/h10H,6-9H2,1-5H3/b19-12+. The van der Waals surface area contributed by atoms with Gasteiger partial charge in [0, 0.05) is 30.8 Å². The minimum atomic E-state index is -4.95. The molecule has 0 aliphatic heterocycles. The van der Waals surface area contributed by atoms with Gasteiger partial charge in [-0.3, -0.25) is 14.2 Å². The van der Waals surface area contributed by atoms with Crippen LogP contribution in [-0.2, 0) is 23.8 Å². The molecule has 1 rings (SSSR count). The van der Waals surface area contributed by atoms with E-state index in [0.717, 1.165) is 25.0 Å². The zero-order valence-corrected chi connectivity index (χ0v) is 13.8. The molecule has 0 N–H and O–H groups in total. The molecule has 0 fully saturated rings. The van der Waals surface area contributed by atoms with Crippen LogP contribution in [0.2, 0.25) is 0 Å². The fraction of sp³-hybridized carbons (Fsp3) is 0.733. The SMILES string of the molecule is CCCCCn1/c(=N/C(=O)C(F)(F)F)cc(C(C)(C)C)n1C. The second-order valence-electron chi connectivity index (χ2n) is 6.41. The zero-order chi connectivity index (χ0) is 17.1. The molecular weight excluding hydrogens is 295 g/mol. The molecule has 0 atom stereocenters. The Labute approximate surface area is 128 Å². The van der Waals surface area contributed by atoms with E-state index in [1.165, 1.54) is 0 Å². The third kappa shape index (κ3) is 4.48. The molecule has 0 aliphatic rings. The maximum absolute atomic E-state index is 12.5. The molecular formula is C15H24F3N3O. The number of carbonyl (C=O) groups excluding carboxylic acids is 1. The molecule has 0 bridgehead atoms. The van der Waals surface area contributed by atoms with E-state index in [2.05, 4.69) is 11.9 Å². The van der Waals surface area contributed by atoms with Crippen LogP contribution < -0.4 is 5.49 Å². The van der Waals surface area contributed by atoms with Crippen LogP contribution in [0.25, 0.3) is 0 Å². The van der Waals surface area contributed by atoms with Gasteiger partial charge in [0.25, 0.3) is 0 Å². The molecule has 22 heavy (non-hydrogen) atoms. The molecule has 0 unspecified atom stereocenters. The lowest BCUT2D eigenvalue weighted by atomic mass is 9.92. The van der Waals surface area contributed by atoms with Crippen molar-refractivity contribution in [3.05, 3.63) is 17.2 Å². The van der Waals surface area contributed by atoms with Crippen LogP contribution in [0.5, 0.6) is 0 Å². The number of hydrogen-bond acceptors (Lipinski definition) is 1. The number of amides is 1. The van der Waals surface area contributed by atoms with E-state index in [9.17, 15) is 18.0 Å². The summed E-state index contributed by atoms with van der Waals surface area (Å²) in [5, 5.41) is 0. The van der Waals surface area contributed by atoms with Crippen molar-refractivity contribution < 1.29 is 18.0 Å². The predicted molar refractivity (Wildman–Crippen MR) is 78.3 cm³/mol. The van der Waals surface area contributed by atoms with Crippen molar-refractivity contribution in [1.82, 2.24) is 9.36 Å². The number of carbonyl (C=O) groups is 1. The summed E-state index contributed by atoms with van der Waals surface area (Å²) in [7, 11) is 1.78. The quantitative estimate of drug-likeness (QED) is 0.785. The molecule has 0 saturated carbocycles. The van der Waals surface area contributed by atoms with Crippen LogP contribution in [-0.4, -0.2) is 21.4 Å². The maximum atomic E-state index is 12.5. The molecule has 0 aromatic carbocycles. The molecule has 1 heterocycles. The normalized spacial score (nSPS) is 13.7. The third-order valence-corrected chi connectivity index (χ3v) is 3.44. The molecule has 0 aliphatic carbocycles. The number of unbranched alkanes of at least 4 members (excludes halogenated alkanes) is 2. The molecule has 4 nitrogen and oxygen atoms in total. The van der Waals surface area contributed by atoms with Gasteiger partial charge in [-0.05, 0) is 6.42 Å². The number of halogens is 3. The molecule has 1 aromatic rings. The summed E-state index contributed by atoms with van der Waals surface area (Å²) in [6.07, 6.45) is -2.15. The number of alkyl halides is 3. The van der Waals surface area contributed by atoms with E-state index in [-0.39, 0.29) is 10.9 Å².